The Labute approximate surface area is 129 Å². The Morgan fingerprint density at radius 1 is 1.23 bits per heavy atom. The second-order valence-electron chi connectivity index (χ2n) is 4.17. The molecule has 110 valence electrons. The van der Waals surface area contributed by atoms with Crippen LogP contribution in [0.2, 0.25) is 0 Å². The summed E-state index contributed by atoms with van der Waals surface area (Å²) in [5.74, 6) is 0.127. The fourth-order valence-corrected chi connectivity index (χ4v) is 2.45. The van der Waals surface area contributed by atoms with Gasteiger partial charge < -0.3 is 4.42 Å². The number of benzene rings is 1. The Kier molecular flexibility index (Phi) is 4.01. The Bertz CT molecular complexity index is 810. The molecule has 0 saturated carbocycles. The summed E-state index contributed by atoms with van der Waals surface area (Å²) in [6, 6.07) is 12.6. The molecule has 0 radical (unpaired) electrons. The zero-order chi connectivity index (χ0) is 15.4. The number of nitrogens with zero attached hydrogens (tertiary/aromatic N) is 4. The molecule has 0 spiro atoms. The van der Waals surface area contributed by atoms with E-state index in [1.807, 2.05) is 34.9 Å². The average molecular weight is 314 g/mol. The maximum atomic E-state index is 10.5. The third-order valence-corrected chi connectivity index (χ3v) is 3.51. The molecular formula is C14H10N4O3S. The van der Waals surface area contributed by atoms with Crippen LogP contribution in [0.1, 0.15) is 5.76 Å². The van der Waals surface area contributed by atoms with Gasteiger partial charge in [-0.15, -0.1) is 10.2 Å². The Balaban J connectivity index is 1.73. The lowest BCUT2D eigenvalue weighted by Gasteiger charge is -2.03. The summed E-state index contributed by atoms with van der Waals surface area (Å²) in [5.41, 5.74) is 0.956. The molecule has 0 unspecified atom stereocenters. The maximum absolute atomic E-state index is 10.5. The number of thioether (sulfide) groups is 1. The van der Waals surface area contributed by atoms with Crippen molar-refractivity contribution < 1.29 is 9.34 Å². The molecule has 0 bridgehead atoms. The molecule has 0 atom stereocenters. The van der Waals surface area contributed by atoms with Gasteiger partial charge in [-0.1, -0.05) is 30.0 Å². The first-order valence-corrected chi connectivity index (χ1v) is 7.15. The van der Waals surface area contributed by atoms with Crippen molar-refractivity contribution >= 4 is 23.7 Å². The van der Waals surface area contributed by atoms with Crippen molar-refractivity contribution in [2.45, 2.75) is 5.16 Å². The number of aromatic nitrogens is 3. The van der Waals surface area contributed by atoms with Crippen molar-refractivity contribution in [3.05, 3.63) is 70.1 Å². The first-order chi connectivity index (χ1) is 10.7. The highest BCUT2D eigenvalue weighted by molar-refractivity contribution is 8.02. The third kappa shape index (κ3) is 3.07. The van der Waals surface area contributed by atoms with Gasteiger partial charge in [0.15, 0.2) is 5.16 Å². The molecule has 0 amide bonds. The largest absolute Gasteiger partial charge is 0.433 e. The van der Waals surface area contributed by atoms with Gasteiger partial charge in [0.1, 0.15) is 17.0 Å². The molecule has 0 fully saturated rings. The van der Waals surface area contributed by atoms with Gasteiger partial charge in [-0.2, -0.15) is 0 Å². The molecular weight excluding hydrogens is 304 g/mol. The molecule has 0 saturated heterocycles. The fourth-order valence-electron chi connectivity index (χ4n) is 1.76. The van der Waals surface area contributed by atoms with Crippen molar-refractivity contribution in [2.75, 3.05) is 0 Å². The standard InChI is InChI=1S/C14H10N4O3S/c19-18(20)13-7-6-12(21-13)8-9-22-14-16-15-10-17(14)11-4-2-1-3-5-11/h1-10H. The number of furan rings is 1. The molecule has 22 heavy (non-hydrogen) atoms. The molecule has 8 heteroatoms. The first-order valence-electron chi connectivity index (χ1n) is 6.27. The van der Waals surface area contributed by atoms with Crippen LogP contribution in [0, 0.1) is 10.1 Å². The van der Waals surface area contributed by atoms with Crippen molar-refractivity contribution in [1.82, 2.24) is 14.8 Å². The highest BCUT2D eigenvalue weighted by Crippen LogP contribution is 2.23. The third-order valence-electron chi connectivity index (χ3n) is 2.75. The van der Waals surface area contributed by atoms with Crippen molar-refractivity contribution in [1.29, 1.82) is 0 Å². The van der Waals surface area contributed by atoms with Crippen molar-refractivity contribution in [3.8, 4) is 5.69 Å². The molecule has 0 aliphatic rings. The van der Waals surface area contributed by atoms with Crippen LogP contribution in [0.3, 0.4) is 0 Å². The van der Waals surface area contributed by atoms with Gasteiger partial charge in [-0.3, -0.25) is 14.7 Å². The Morgan fingerprint density at radius 2 is 2.05 bits per heavy atom. The van der Waals surface area contributed by atoms with Crippen LogP contribution in [0.15, 0.2) is 63.8 Å². The molecule has 0 aliphatic heterocycles. The van der Waals surface area contributed by atoms with E-state index in [0.29, 0.717) is 10.9 Å². The van der Waals surface area contributed by atoms with Crippen LogP contribution in [-0.2, 0) is 0 Å². The second-order valence-corrected chi connectivity index (χ2v) is 5.05. The van der Waals surface area contributed by atoms with Crippen LogP contribution in [0.5, 0.6) is 0 Å². The van der Waals surface area contributed by atoms with E-state index < -0.39 is 4.92 Å². The van der Waals surface area contributed by atoms with E-state index in [9.17, 15) is 10.1 Å². The molecule has 7 nitrogen and oxygen atoms in total. The zero-order valence-corrected chi connectivity index (χ0v) is 12.0. The first kappa shape index (κ1) is 14.1. The zero-order valence-electron chi connectivity index (χ0n) is 11.2. The van der Waals surface area contributed by atoms with Gasteiger partial charge in [0.25, 0.3) is 0 Å². The Morgan fingerprint density at radius 3 is 2.77 bits per heavy atom. The lowest BCUT2D eigenvalue weighted by atomic mass is 10.3. The summed E-state index contributed by atoms with van der Waals surface area (Å²) in [6.45, 7) is 0. The highest BCUT2D eigenvalue weighted by atomic mass is 32.2. The van der Waals surface area contributed by atoms with Gasteiger partial charge in [-0.25, -0.2) is 0 Å². The molecule has 0 N–H and O–H groups in total. The van der Waals surface area contributed by atoms with Crippen molar-refractivity contribution in [2.24, 2.45) is 0 Å². The van der Waals surface area contributed by atoms with Crippen LogP contribution in [-0.4, -0.2) is 19.7 Å². The topological polar surface area (TPSA) is 87.0 Å². The van der Waals surface area contributed by atoms with Gasteiger partial charge in [-0.05, 0) is 29.7 Å². The predicted octanol–water partition coefficient (Wildman–Crippen LogP) is 3.53. The molecule has 0 aliphatic carbocycles. The number of para-hydroxylation sites is 1. The van der Waals surface area contributed by atoms with Crippen LogP contribution in [0.25, 0.3) is 11.8 Å². The van der Waals surface area contributed by atoms with E-state index in [4.69, 9.17) is 4.42 Å². The predicted molar refractivity (Wildman–Crippen MR) is 81.6 cm³/mol. The number of nitro groups is 1. The van der Waals surface area contributed by atoms with Crippen LogP contribution >= 0.6 is 11.8 Å². The monoisotopic (exact) mass is 314 g/mol. The minimum atomic E-state index is -0.573. The number of hydrogen-bond acceptors (Lipinski definition) is 6. The van der Waals surface area contributed by atoms with Gasteiger partial charge in [0.2, 0.25) is 0 Å². The summed E-state index contributed by atoms with van der Waals surface area (Å²) in [4.78, 5) is 9.96. The normalized spacial score (nSPS) is 11.1. The summed E-state index contributed by atoms with van der Waals surface area (Å²) in [7, 11) is 0. The van der Waals surface area contributed by atoms with E-state index >= 15 is 0 Å². The molecule has 2 aromatic heterocycles. The van der Waals surface area contributed by atoms with E-state index in [2.05, 4.69) is 10.2 Å². The maximum Gasteiger partial charge on any atom is 0.433 e. The minimum absolute atomic E-state index is 0.280. The van der Waals surface area contributed by atoms with E-state index in [-0.39, 0.29) is 5.88 Å². The summed E-state index contributed by atoms with van der Waals surface area (Å²) in [5, 5.41) is 20.9. The Hall–Kier alpha value is -2.87. The lowest BCUT2D eigenvalue weighted by molar-refractivity contribution is -0.402. The van der Waals surface area contributed by atoms with Gasteiger partial charge >= 0.3 is 5.88 Å². The molecule has 3 rings (SSSR count). The van der Waals surface area contributed by atoms with Crippen LogP contribution < -0.4 is 0 Å². The summed E-state index contributed by atoms with van der Waals surface area (Å²) < 4.78 is 6.88. The van der Waals surface area contributed by atoms with Gasteiger partial charge in [0, 0.05) is 5.69 Å². The number of hydrogen-bond donors (Lipinski definition) is 0. The summed E-state index contributed by atoms with van der Waals surface area (Å²) >= 11 is 1.34. The highest BCUT2D eigenvalue weighted by Gasteiger charge is 2.10. The van der Waals surface area contributed by atoms with Crippen LogP contribution in [0.4, 0.5) is 5.88 Å². The molecule has 2 heterocycles. The SMILES string of the molecule is O=[N+]([O-])c1ccc(C=CSc2nncn2-c2ccccc2)o1. The number of rotatable bonds is 5. The quantitative estimate of drug-likeness (QED) is 0.407. The molecule has 1 aromatic carbocycles. The van der Waals surface area contributed by atoms with E-state index in [0.717, 1.165) is 5.69 Å². The van der Waals surface area contributed by atoms with E-state index in [1.165, 1.54) is 23.9 Å². The lowest BCUT2D eigenvalue weighted by Crippen LogP contribution is -1.93. The molecule has 3 aromatic rings. The fraction of sp³-hybridized carbons (Fsp3) is 0. The van der Waals surface area contributed by atoms with E-state index in [1.54, 1.807) is 17.8 Å². The average Bonchev–Trinajstić information content (AvgIpc) is 3.17. The second kappa shape index (κ2) is 6.27. The minimum Gasteiger partial charge on any atom is -0.401 e. The van der Waals surface area contributed by atoms with Gasteiger partial charge in [0.05, 0.1) is 6.07 Å². The van der Waals surface area contributed by atoms with Crippen molar-refractivity contribution in [3.63, 3.8) is 0 Å². The summed E-state index contributed by atoms with van der Waals surface area (Å²) in [6.07, 6.45) is 3.27. The smallest absolute Gasteiger partial charge is 0.401 e.